The summed E-state index contributed by atoms with van der Waals surface area (Å²) in [6.45, 7) is 5.88. The summed E-state index contributed by atoms with van der Waals surface area (Å²) in [7, 11) is 0. The van der Waals surface area contributed by atoms with Gasteiger partial charge >= 0.3 is 0 Å². The van der Waals surface area contributed by atoms with Crippen LogP contribution in [0.4, 0.5) is 0 Å². The van der Waals surface area contributed by atoms with Gasteiger partial charge in [0, 0.05) is 19.5 Å². The number of carbonyl (C=O) groups is 1. The maximum absolute atomic E-state index is 12.0. The van der Waals surface area contributed by atoms with Crippen molar-refractivity contribution in [3.63, 3.8) is 0 Å². The highest BCUT2D eigenvalue weighted by Gasteiger charge is 2.07. The fourth-order valence-corrected chi connectivity index (χ4v) is 2.50. The van der Waals surface area contributed by atoms with Gasteiger partial charge in [0.2, 0.25) is 5.91 Å². The van der Waals surface area contributed by atoms with Crippen molar-refractivity contribution < 1.29 is 4.79 Å². The number of amides is 1. The molecule has 0 saturated heterocycles. The Morgan fingerprint density at radius 3 is 2.31 bits per heavy atom. The van der Waals surface area contributed by atoms with Crippen LogP contribution in [0.2, 0.25) is 0 Å². The van der Waals surface area contributed by atoms with Crippen LogP contribution >= 0.6 is 0 Å². The second-order valence-corrected chi connectivity index (χ2v) is 6.05. The first kappa shape index (κ1) is 19.5. The lowest BCUT2D eigenvalue weighted by atomic mass is 10.1. The van der Waals surface area contributed by atoms with Gasteiger partial charge in [-0.05, 0) is 25.0 Å². The van der Waals surface area contributed by atoms with Crippen LogP contribution in [0.1, 0.15) is 37.4 Å². The second-order valence-electron chi connectivity index (χ2n) is 6.05. The molecular weight excluding hydrogens is 324 g/mol. The van der Waals surface area contributed by atoms with Crippen LogP contribution in [0.15, 0.2) is 65.7 Å². The van der Waals surface area contributed by atoms with Crippen LogP contribution in [-0.2, 0) is 11.3 Å². The average Bonchev–Trinajstić information content (AvgIpc) is 2.68. The molecule has 0 spiro atoms. The number of aliphatic imine (C=N–C) groups is 1. The number of hydrogen-bond acceptors (Lipinski definition) is 2. The molecule has 2 aromatic rings. The number of benzene rings is 2. The van der Waals surface area contributed by atoms with E-state index in [1.54, 1.807) is 0 Å². The highest BCUT2D eigenvalue weighted by atomic mass is 16.1. The van der Waals surface area contributed by atoms with Crippen molar-refractivity contribution >= 4 is 11.9 Å². The lowest BCUT2D eigenvalue weighted by molar-refractivity contribution is -0.121. The van der Waals surface area contributed by atoms with Crippen molar-refractivity contribution in [1.29, 1.82) is 0 Å². The summed E-state index contributed by atoms with van der Waals surface area (Å²) in [5.74, 6) is 0.726. The van der Waals surface area contributed by atoms with Gasteiger partial charge in [-0.25, -0.2) is 0 Å². The monoisotopic (exact) mass is 352 g/mol. The average molecular weight is 352 g/mol. The molecule has 0 fully saturated rings. The van der Waals surface area contributed by atoms with Gasteiger partial charge in [0.15, 0.2) is 5.96 Å². The van der Waals surface area contributed by atoms with E-state index in [-0.39, 0.29) is 11.9 Å². The zero-order valence-electron chi connectivity index (χ0n) is 15.5. The molecule has 0 radical (unpaired) electrons. The molecule has 0 saturated carbocycles. The molecule has 5 nitrogen and oxygen atoms in total. The molecule has 5 heteroatoms. The molecule has 2 rings (SSSR count). The van der Waals surface area contributed by atoms with E-state index in [1.807, 2.05) is 55.5 Å². The van der Waals surface area contributed by atoms with Crippen molar-refractivity contribution in [2.24, 2.45) is 4.99 Å². The second kappa shape index (κ2) is 10.9. The lowest BCUT2D eigenvalue weighted by Crippen LogP contribution is -2.39. The van der Waals surface area contributed by atoms with Crippen molar-refractivity contribution in [2.75, 3.05) is 13.1 Å². The number of hydrogen-bond donors (Lipinski definition) is 3. The Morgan fingerprint density at radius 2 is 1.65 bits per heavy atom. The number of rotatable bonds is 8. The lowest BCUT2D eigenvalue weighted by Gasteiger charge is -2.18. The molecule has 3 N–H and O–H groups in total. The van der Waals surface area contributed by atoms with Crippen LogP contribution in [0.5, 0.6) is 0 Å². The maximum Gasteiger partial charge on any atom is 0.222 e. The zero-order valence-corrected chi connectivity index (χ0v) is 15.5. The largest absolute Gasteiger partial charge is 0.357 e. The van der Waals surface area contributed by atoms with Gasteiger partial charge < -0.3 is 16.0 Å². The molecule has 1 unspecified atom stereocenters. The van der Waals surface area contributed by atoms with Crippen molar-refractivity contribution in [2.45, 2.75) is 32.9 Å². The molecule has 0 aliphatic rings. The van der Waals surface area contributed by atoms with E-state index in [4.69, 9.17) is 0 Å². The number of nitrogens with zero attached hydrogens (tertiary/aromatic N) is 1. The fourth-order valence-electron chi connectivity index (χ4n) is 2.50. The summed E-state index contributed by atoms with van der Waals surface area (Å²) in [5.41, 5.74) is 2.29. The van der Waals surface area contributed by atoms with Gasteiger partial charge in [0.05, 0.1) is 12.6 Å². The normalized spacial score (nSPS) is 12.3. The molecule has 138 valence electrons. The topological polar surface area (TPSA) is 65.5 Å². The van der Waals surface area contributed by atoms with Gasteiger partial charge in [-0.2, -0.15) is 0 Å². The van der Waals surface area contributed by atoms with Gasteiger partial charge in [-0.3, -0.25) is 9.79 Å². The molecule has 0 aliphatic carbocycles. The molecule has 0 aliphatic heterocycles. The van der Waals surface area contributed by atoms with E-state index >= 15 is 0 Å². The van der Waals surface area contributed by atoms with E-state index in [1.165, 1.54) is 5.56 Å². The van der Waals surface area contributed by atoms with Gasteiger partial charge in [-0.1, -0.05) is 60.7 Å². The third-order valence-electron chi connectivity index (χ3n) is 3.94. The Bertz CT molecular complexity index is 686. The van der Waals surface area contributed by atoms with E-state index in [0.29, 0.717) is 19.5 Å². The first-order valence-electron chi connectivity index (χ1n) is 9.09. The number of guanidine groups is 1. The smallest absolute Gasteiger partial charge is 0.222 e. The number of carbonyl (C=O) groups excluding carboxylic acids is 1. The van der Waals surface area contributed by atoms with E-state index in [9.17, 15) is 4.79 Å². The molecule has 0 bridgehead atoms. The highest BCUT2D eigenvalue weighted by Crippen LogP contribution is 2.10. The first-order valence-corrected chi connectivity index (χ1v) is 9.09. The third kappa shape index (κ3) is 6.97. The summed E-state index contributed by atoms with van der Waals surface area (Å²) >= 11 is 0. The molecular formula is C21H28N4O. The Balaban J connectivity index is 1.79. The SMILES string of the molecule is CCNC(=NCCC(=O)NCc1ccccc1)NC(C)c1ccccc1. The van der Waals surface area contributed by atoms with Gasteiger partial charge in [0.25, 0.3) is 0 Å². The molecule has 1 atom stereocenters. The van der Waals surface area contributed by atoms with E-state index in [2.05, 4.69) is 40.0 Å². The predicted octanol–water partition coefficient (Wildman–Crippen LogP) is 3.01. The van der Waals surface area contributed by atoms with Crippen LogP contribution in [0.3, 0.4) is 0 Å². The predicted molar refractivity (Wildman–Crippen MR) is 107 cm³/mol. The van der Waals surface area contributed by atoms with E-state index < -0.39 is 0 Å². The highest BCUT2D eigenvalue weighted by molar-refractivity contribution is 5.81. The summed E-state index contributed by atoms with van der Waals surface area (Å²) in [5, 5.41) is 9.52. The van der Waals surface area contributed by atoms with Gasteiger partial charge in [-0.15, -0.1) is 0 Å². The number of nitrogens with one attached hydrogen (secondary N) is 3. The molecule has 0 aromatic heterocycles. The zero-order chi connectivity index (χ0) is 18.6. The van der Waals surface area contributed by atoms with Crippen LogP contribution < -0.4 is 16.0 Å². The molecule has 2 aromatic carbocycles. The Kier molecular flexibility index (Phi) is 8.19. The minimum absolute atomic E-state index is 0.00422. The first-order chi connectivity index (χ1) is 12.7. The van der Waals surface area contributed by atoms with Crippen LogP contribution in [0.25, 0.3) is 0 Å². The standard InChI is InChI=1S/C21H28N4O/c1-3-22-21(25-17(2)19-12-8-5-9-13-19)23-15-14-20(26)24-16-18-10-6-4-7-11-18/h4-13,17H,3,14-16H2,1-2H3,(H,24,26)(H2,22,23,25). The Labute approximate surface area is 155 Å². The summed E-state index contributed by atoms with van der Waals surface area (Å²) in [4.78, 5) is 16.5. The van der Waals surface area contributed by atoms with Gasteiger partial charge in [0.1, 0.15) is 0 Å². The van der Waals surface area contributed by atoms with Crippen molar-refractivity contribution in [1.82, 2.24) is 16.0 Å². The van der Waals surface area contributed by atoms with Crippen LogP contribution in [-0.4, -0.2) is 25.0 Å². The van der Waals surface area contributed by atoms with Crippen LogP contribution in [0, 0.1) is 0 Å². The fraction of sp³-hybridized carbons (Fsp3) is 0.333. The molecule has 1 amide bonds. The molecule has 26 heavy (non-hydrogen) atoms. The Hall–Kier alpha value is -2.82. The quantitative estimate of drug-likeness (QED) is 0.505. The van der Waals surface area contributed by atoms with Crippen molar-refractivity contribution in [3.05, 3.63) is 71.8 Å². The molecule has 0 heterocycles. The summed E-state index contributed by atoms with van der Waals surface area (Å²) < 4.78 is 0. The van der Waals surface area contributed by atoms with E-state index in [0.717, 1.165) is 18.1 Å². The minimum atomic E-state index is 0.00422. The minimum Gasteiger partial charge on any atom is -0.357 e. The Morgan fingerprint density at radius 1 is 1.00 bits per heavy atom. The summed E-state index contributed by atoms with van der Waals surface area (Å²) in [6.07, 6.45) is 0.364. The van der Waals surface area contributed by atoms with Crippen molar-refractivity contribution in [3.8, 4) is 0 Å². The maximum atomic E-state index is 12.0. The third-order valence-corrected chi connectivity index (χ3v) is 3.94. The summed E-state index contributed by atoms with van der Waals surface area (Å²) in [6, 6.07) is 20.2.